The third-order valence-electron chi connectivity index (χ3n) is 1.70. The zero-order valence-electron chi connectivity index (χ0n) is 7.67. The fraction of sp³-hybridized carbons (Fsp3) is 0.143. The van der Waals surface area contributed by atoms with Crippen LogP contribution in [0.5, 0.6) is 5.75 Å². The van der Waals surface area contributed by atoms with Gasteiger partial charge >= 0.3 is 0 Å². The van der Waals surface area contributed by atoms with Gasteiger partial charge in [0.2, 0.25) is 0 Å². The molecule has 0 unspecified atom stereocenters. The Morgan fingerprint density at radius 2 is 2.00 bits per heavy atom. The van der Waals surface area contributed by atoms with E-state index in [4.69, 9.17) is 10.8 Å². The molecule has 1 aromatic carbocycles. The number of nitro benzene ring substituents is 1. The van der Waals surface area contributed by atoms with Crippen LogP contribution >= 0.6 is 0 Å². The quantitative estimate of drug-likeness (QED) is 0.327. The number of phenols is 1. The number of anilines is 1. The monoisotopic (exact) mass is 232 g/mol. The van der Waals surface area contributed by atoms with E-state index in [1.807, 2.05) is 0 Å². The lowest BCUT2D eigenvalue weighted by Gasteiger charge is -2.03. The molecule has 1 rings (SSSR count). The van der Waals surface area contributed by atoms with Gasteiger partial charge in [0.15, 0.2) is 9.84 Å². The first kappa shape index (κ1) is 11.2. The number of nitro groups is 1. The zero-order chi connectivity index (χ0) is 11.8. The Labute approximate surface area is 85.2 Å². The van der Waals surface area contributed by atoms with E-state index in [9.17, 15) is 18.5 Å². The molecule has 0 spiro atoms. The summed E-state index contributed by atoms with van der Waals surface area (Å²) in [6, 6.07) is 1.58. The molecule has 0 saturated carbocycles. The average Bonchev–Trinajstić information content (AvgIpc) is 2.06. The van der Waals surface area contributed by atoms with E-state index in [1.165, 1.54) is 0 Å². The van der Waals surface area contributed by atoms with Crippen molar-refractivity contribution in [2.24, 2.45) is 0 Å². The van der Waals surface area contributed by atoms with Crippen molar-refractivity contribution in [2.45, 2.75) is 4.90 Å². The number of aromatic hydroxyl groups is 1. The second kappa shape index (κ2) is 3.39. The maximum Gasteiger partial charge on any atom is 0.291 e. The first-order valence-electron chi connectivity index (χ1n) is 3.70. The van der Waals surface area contributed by atoms with Gasteiger partial charge in [-0.1, -0.05) is 0 Å². The van der Waals surface area contributed by atoms with E-state index in [-0.39, 0.29) is 5.69 Å². The van der Waals surface area contributed by atoms with E-state index >= 15 is 0 Å². The van der Waals surface area contributed by atoms with Crippen LogP contribution in [0.1, 0.15) is 0 Å². The molecule has 0 radical (unpaired) electrons. The summed E-state index contributed by atoms with van der Waals surface area (Å²) in [7, 11) is -3.75. The minimum atomic E-state index is -3.75. The molecule has 0 fully saturated rings. The summed E-state index contributed by atoms with van der Waals surface area (Å²) in [5.41, 5.74) is 4.34. The number of nitrogens with two attached hydrogens (primary N) is 1. The summed E-state index contributed by atoms with van der Waals surface area (Å²) >= 11 is 0. The summed E-state index contributed by atoms with van der Waals surface area (Å²) in [5.74, 6) is -0.519. The van der Waals surface area contributed by atoms with E-state index in [0.29, 0.717) is 6.07 Å². The third-order valence-corrected chi connectivity index (χ3v) is 2.83. The highest BCUT2D eigenvalue weighted by molar-refractivity contribution is 7.90. The molecule has 0 aromatic heterocycles. The van der Waals surface area contributed by atoms with Crippen LogP contribution in [0, 0.1) is 10.1 Å². The number of sulfone groups is 1. The van der Waals surface area contributed by atoms with E-state index in [2.05, 4.69) is 0 Å². The Bertz CT molecular complexity index is 522. The van der Waals surface area contributed by atoms with Crippen molar-refractivity contribution in [1.82, 2.24) is 0 Å². The summed E-state index contributed by atoms with van der Waals surface area (Å²) in [6.45, 7) is 0. The Hall–Kier alpha value is -1.83. The number of phenolic OH excluding ortho intramolecular Hbond substituents is 1. The minimum Gasteiger partial charge on any atom is -0.506 e. The van der Waals surface area contributed by atoms with Crippen LogP contribution in [0.4, 0.5) is 11.4 Å². The first-order valence-corrected chi connectivity index (χ1v) is 5.59. The van der Waals surface area contributed by atoms with E-state index < -0.39 is 31.1 Å². The number of hydrogen-bond donors (Lipinski definition) is 2. The maximum absolute atomic E-state index is 11.2. The van der Waals surface area contributed by atoms with Gasteiger partial charge in [-0.2, -0.15) is 0 Å². The summed E-state index contributed by atoms with van der Waals surface area (Å²) in [4.78, 5) is 9.12. The number of hydrogen-bond acceptors (Lipinski definition) is 6. The van der Waals surface area contributed by atoms with E-state index in [0.717, 1.165) is 12.3 Å². The van der Waals surface area contributed by atoms with Crippen molar-refractivity contribution in [2.75, 3.05) is 12.0 Å². The van der Waals surface area contributed by atoms with Crippen LogP contribution in [0.2, 0.25) is 0 Å². The normalized spacial score (nSPS) is 11.3. The summed E-state index contributed by atoms with van der Waals surface area (Å²) in [5, 5.41) is 19.6. The molecule has 0 amide bonds. The lowest BCUT2D eigenvalue weighted by Crippen LogP contribution is -2.04. The van der Waals surface area contributed by atoms with Gasteiger partial charge in [0.25, 0.3) is 5.69 Å². The molecule has 7 nitrogen and oxygen atoms in total. The van der Waals surface area contributed by atoms with Crippen molar-refractivity contribution in [3.63, 3.8) is 0 Å². The van der Waals surface area contributed by atoms with Gasteiger partial charge in [-0.15, -0.1) is 0 Å². The average molecular weight is 232 g/mol. The highest BCUT2D eigenvalue weighted by Crippen LogP contribution is 2.32. The lowest BCUT2D eigenvalue weighted by molar-refractivity contribution is -0.387. The van der Waals surface area contributed by atoms with Crippen LogP contribution in [0.15, 0.2) is 17.0 Å². The lowest BCUT2D eigenvalue weighted by atomic mass is 10.2. The molecule has 8 heteroatoms. The molecular weight excluding hydrogens is 224 g/mol. The highest BCUT2D eigenvalue weighted by atomic mass is 32.2. The zero-order valence-corrected chi connectivity index (χ0v) is 8.48. The van der Waals surface area contributed by atoms with Gasteiger partial charge in [-0.25, -0.2) is 8.42 Å². The fourth-order valence-electron chi connectivity index (χ4n) is 1.01. The van der Waals surface area contributed by atoms with Crippen molar-refractivity contribution in [3.05, 3.63) is 22.2 Å². The molecular formula is C7H8N2O5S. The van der Waals surface area contributed by atoms with Crippen LogP contribution in [-0.4, -0.2) is 24.7 Å². The summed E-state index contributed by atoms with van der Waals surface area (Å²) < 4.78 is 22.4. The molecule has 0 aliphatic carbocycles. The molecule has 0 saturated heterocycles. The SMILES string of the molecule is CS(=O)(=O)c1cc(N)c(O)cc1[N+](=O)[O-]. The number of nitrogens with zero attached hydrogens (tertiary/aromatic N) is 1. The van der Waals surface area contributed by atoms with Crippen LogP contribution in [0.3, 0.4) is 0 Å². The highest BCUT2D eigenvalue weighted by Gasteiger charge is 2.24. The molecule has 0 heterocycles. The van der Waals surface area contributed by atoms with Gasteiger partial charge in [0.05, 0.1) is 16.7 Å². The van der Waals surface area contributed by atoms with Gasteiger partial charge in [0.1, 0.15) is 10.6 Å². The first-order chi connectivity index (χ1) is 6.73. The Morgan fingerprint density at radius 1 is 1.47 bits per heavy atom. The molecule has 1 aromatic rings. The number of benzene rings is 1. The molecule has 82 valence electrons. The van der Waals surface area contributed by atoms with Crippen molar-refractivity contribution in [3.8, 4) is 5.75 Å². The van der Waals surface area contributed by atoms with Crippen molar-refractivity contribution >= 4 is 21.2 Å². The molecule has 0 bridgehead atoms. The Balaban J connectivity index is 3.64. The minimum absolute atomic E-state index is 0.221. The fourth-order valence-corrected chi connectivity index (χ4v) is 1.87. The Morgan fingerprint density at radius 3 is 2.40 bits per heavy atom. The van der Waals surface area contributed by atoms with Gasteiger partial charge in [-0.05, 0) is 6.07 Å². The molecule has 0 atom stereocenters. The molecule has 15 heavy (non-hydrogen) atoms. The standard InChI is InChI=1S/C7H8N2O5S/c1-15(13,14)7-2-4(8)6(10)3-5(7)9(11)12/h2-3,10H,8H2,1H3. The van der Waals surface area contributed by atoms with E-state index in [1.54, 1.807) is 0 Å². The largest absolute Gasteiger partial charge is 0.506 e. The number of rotatable bonds is 2. The van der Waals surface area contributed by atoms with Crippen LogP contribution in [0.25, 0.3) is 0 Å². The van der Waals surface area contributed by atoms with Crippen molar-refractivity contribution < 1.29 is 18.4 Å². The smallest absolute Gasteiger partial charge is 0.291 e. The van der Waals surface area contributed by atoms with Gasteiger partial charge < -0.3 is 10.8 Å². The van der Waals surface area contributed by atoms with Gasteiger partial charge in [-0.3, -0.25) is 10.1 Å². The van der Waals surface area contributed by atoms with Crippen LogP contribution in [-0.2, 0) is 9.84 Å². The van der Waals surface area contributed by atoms with Crippen molar-refractivity contribution in [1.29, 1.82) is 0 Å². The second-order valence-corrected chi connectivity index (χ2v) is 4.89. The topological polar surface area (TPSA) is 124 Å². The van der Waals surface area contributed by atoms with Crippen LogP contribution < -0.4 is 5.73 Å². The molecule has 0 aliphatic rings. The Kier molecular flexibility index (Phi) is 2.54. The summed E-state index contributed by atoms with van der Waals surface area (Å²) in [6.07, 6.45) is 0.825. The second-order valence-electron chi connectivity index (χ2n) is 2.91. The third kappa shape index (κ3) is 2.15. The number of nitrogen functional groups attached to an aromatic ring is 1. The molecule has 0 aliphatic heterocycles. The molecule has 3 N–H and O–H groups in total. The predicted molar refractivity (Wildman–Crippen MR) is 52.3 cm³/mol. The van der Waals surface area contributed by atoms with Gasteiger partial charge in [0, 0.05) is 6.26 Å². The predicted octanol–water partition coefficient (Wildman–Crippen LogP) is 0.286. The maximum atomic E-state index is 11.2.